The minimum atomic E-state index is -0.258. The van der Waals surface area contributed by atoms with Gasteiger partial charge in [0.1, 0.15) is 6.04 Å². The normalized spacial score (nSPS) is 31.0. The summed E-state index contributed by atoms with van der Waals surface area (Å²) in [5.41, 5.74) is 0.338. The molecule has 0 aromatic heterocycles. The Morgan fingerprint density at radius 3 is 2.38 bits per heavy atom. The fourth-order valence-corrected chi connectivity index (χ4v) is 3.83. The van der Waals surface area contributed by atoms with E-state index in [0.717, 1.165) is 25.7 Å². The fraction of sp³-hybridized carbons (Fsp3) is 0.882. The molecule has 2 aliphatic rings. The predicted octanol–water partition coefficient (Wildman–Crippen LogP) is 2.58. The molecule has 1 aliphatic heterocycles. The molecule has 0 radical (unpaired) electrons. The number of hydrogen-bond acceptors (Lipinski definition) is 2. The lowest BCUT2D eigenvalue weighted by Crippen LogP contribution is -2.58. The lowest BCUT2D eigenvalue weighted by atomic mass is 9.69. The van der Waals surface area contributed by atoms with Gasteiger partial charge in [-0.15, -0.1) is 0 Å². The Morgan fingerprint density at radius 2 is 1.86 bits per heavy atom. The molecular weight excluding hydrogens is 264 g/mol. The lowest BCUT2D eigenvalue weighted by molar-refractivity contribution is -0.147. The van der Waals surface area contributed by atoms with Gasteiger partial charge in [0.05, 0.1) is 0 Å². The maximum atomic E-state index is 12.8. The minimum Gasteiger partial charge on any atom is -0.353 e. The number of rotatable bonds is 2. The molecule has 0 spiro atoms. The average molecular weight is 294 g/mol. The van der Waals surface area contributed by atoms with Crippen LogP contribution in [0.4, 0.5) is 0 Å². The third-order valence-electron chi connectivity index (χ3n) is 5.30. The van der Waals surface area contributed by atoms with Crippen LogP contribution in [0.15, 0.2) is 0 Å². The summed E-state index contributed by atoms with van der Waals surface area (Å²) in [4.78, 5) is 26.5. The van der Waals surface area contributed by atoms with E-state index in [2.05, 4.69) is 26.1 Å². The standard InChI is InChI=1S/C17H30N2O2/c1-5-14-15(20)18-10-11-19(14)16(21)12-6-8-13(9-7-12)17(2,3)4/h12-14H,5-11H2,1-4H3,(H,18,20). The van der Waals surface area contributed by atoms with Gasteiger partial charge in [-0.05, 0) is 43.4 Å². The van der Waals surface area contributed by atoms with Gasteiger partial charge >= 0.3 is 0 Å². The molecule has 1 unspecified atom stereocenters. The molecule has 4 nitrogen and oxygen atoms in total. The zero-order chi connectivity index (χ0) is 15.6. The molecule has 0 aromatic carbocycles. The second kappa shape index (κ2) is 6.37. The summed E-state index contributed by atoms with van der Waals surface area (Å²) in [6.07, 6.45) is 4.94. The highest BCUT2D eigenvalue weighted by Crippen LogP contribution is 2.40. The molecule has 2 fully saturated rings. The molecule has 1 N–H and O–H groups in total. The molecule has 120 valence electrons. The summed E-state index contributed by atoms with van der Waals surface area (Å²) in [7, 11) is 0. The van der Waals surface area contributed by atoms with Crippen molar-refractivity contribution in [3.05, 3.63) is 0 Å². The predicted molar refractivity (Wildman–Crippen MR) is 83.7 cm³/mol. The van der Waals surface area contributed by atoms with Gasteiger partial charge in [-0.2, -0.15) is 0 Å². The number of amides is 2. The Hall–Kier alpha value is -1.06. The van der Waals surface area contributed by atoms with Crippen molar-refractivity contribution in [3.63, 3.8) is 0 Å². The summed E-state index contributed by atoms with van der Waals surface area (Å²) in [6.45, 7) is 10.1. The number of piperazine rings is 1. The van der Waals surface area contributed by atoms with Crippen LogP contribution in [0.25, 0.3) is 0 Å². The molecule has 1 saturated heterocycles. The maximum absolute atomic E-state index is 12.8. The van der Waals surface area contributed by atoms with Gasteiger partial charge in [-0.25, -0.2) is 0 Å². The van der Waals surface area contributed by atoms with Gasteiger partial charge in [0, 0.05) is 19.0 Å². The van der Waals surface area contributed by atoms with Crippen molar-refractivity contribution in [2.45, 2.75) is 65.8 Å². The zero-order valence-electron chi connectivity index (χ0n) is 13.9. The molecule has 1 saturated carbocycles. The molecule has 1 atom stereocenters. The second-order valence-electron chi connectivity index (χ2n) is 7.66. The Balaban J connectivity index is 1.96. The molecule has 1 heterocycles. The van der Waals surface area contributed by atoms with Crippen molar-refractivity contribution < 1.29 is 9.59 Å². The van der Waals surface area contributed by atoms with Crippen LogP contribution < -0.4 is 5.32 Å². The first kappa shape index (κ1) is 16.3. The van der Waals surface area contributed by atoms with Crippen molar-refractivity contribution in [3.8, 4) is 0 Å². The summed E-state index contributed by atoms with van der Waals surface area (Å²) < 4.78 is 0. The van der Waals surface area contributed by atoms with Crippen LogP contribution >= 0.6 is 0 Å². The topological polar surface area (TPSA) is 49.4 Å². The van der Waals surface area contributed by atoms with Gasteiger partial charge in [0.15, 0.2) is 0 Å². The van der Waals surface area contributed by atoms with Crippen LogP contribution in [0, 0.1) is 17.3 Å². The van der Waals surface area contributed by atoms with E-state index in [4.69, 9.17) is 0 Å². The molecular formula is C17H30N2O2. The van der Waals surface area contributed by atoms with Crippen LogP contribution in [0.1, 0.15) is 59.8 Å². The number of hydrogen-bond donors (Lipinski definition) is 1. The zero-order valence-corrected chi connectivity index (χ0v) is 13.9. The Kier molecular flexibility index (Phi) is 4.95. The Labute approximate surface area is 128 Å². The molecule has 0 bridgehead atoms. The number of nitrogens with one attached hydrogen (secondary N) is 1. The van der Waals surface area contributed by atoms with E-state index in [0.29, 0.717) is 30.8 Å². The minimum absolute atomic E-state index is 0.0143. The largest absolute Gasteiger partial charge is 0.353 e. The highest BCUT2D eigenvalue weighted by Gasteiger charge is 2.38. The average Bonchev–Trinajstić information content (AvgIpc) is 2.45. The summed E-state index contributed by atoms with van der Waals surface area (Å²) in [6, 6.07) is -0.258. The van der Waals surface area contributed by atoms with E-state index in [1.54, 1.807) is 0 Å². The van der Waals surface area contributed by atoms with Gasteiger partial charge in [-0.1, -0.05) is 27.7 Å². The third-order valence-corrected chi connectivity index (χ3v) is 5.30. The SMILES string of the molecule is CCC1C(=O)NCCN1C(=O)C1CCC(C(C)(C)C)CC1. The maximum Gasteiger partial charge on any atom is 0.242 e. The molecule has 2 rings (SSSR count). The Morgan fingerprint density at radius 1 is 1.24 bits per heavy atom. The summed E-state index contributed by atoms with van der Waals surface area (Å²) in [5, 5.41) is 2.86. The van der Waals surface area contributed by atoms with E-state index in [9.17, 15) is 9.59 Å². The van der Waals surface area contributed by atoms with Crippen molar-refractivity contribution in [2.24, 2.45) is 17.3 Å². The molecule has 2 amide bonds. The first-order valence-electron chi connectivity index (χ1n) is 8.42. The van der Waals surface area contributed by atoms with Crippen LogP contribution in [-0.2, 0) is 9.59 Å². The van der Waals surface area contributed by atoms with Crippen molar-refractivity contribution >= 4 is 11.8 Å². The highest BCUT2D eigenvalue weighted by molar-refractivity contribution is 5.89. The molecule has 21 heavy (non-hydrogen) atoms. The van der Waals surface area contributed by atoms with Crippen LogP contribution in [0.3, 0.4) is 0 Å². The van der Waals surface area contributed by atoms with Crippen LogP contribution in [0.5, 0.6) is 0 Å². The number of nitrogens with zero attached hydrogens (tertiary/aromatic N) is 1. The molecule has 4 heteroatoms. The number of carbonyl (C=O) groups is 2. The van der Waals surface area contributed by atoms with Gasteiger partial charge < -0.3 is 10.2 Å². The lowest BCUT2D eigenvalue weighted by Gasteiger charge is -2.40. The highest BCUT2D eigenvalue weighted by atomic mass is 16.2. The van der Waals surface area contributed by atoms with E-state index in [1.807, 2.05) is 11.8 Å². The summed E-state index contributed by atoms with van der Waals surface area (Å²) in [5.74, 6) is 1.07. The monoisotopic (exact) mass is 294 g/mol. The summed E-state index contributed by atoms with van der Waals surface area (Å²) >= 11 is 0. The van der Waals surface area contributed by atoms with Gasteiger partial charge in [0.25, 0.3) is 0 Å². The smallest absolute Gasteiger partial charge is 0.242 e. The molecule has 1 aliphatic carbocycles. The number of carbonyl (C=O) groups excluding carboxylic acids is 2. The van der Waals surface area contributed by atoms with Crippen molar-refractivity contribution in [1.29, 1.82) is 0 Å². The third kappa shape index (κ3) is 3.58. The van der Waals surface area contributed by atoms with Gasteiger partial charge in [0.2, 0.25) is 11.8 Å². The van der Waals surface area contributed by atoms with Gasteiger partial charge in [-0.3, -0.25) is 9.59 Å². The van der Waals surface area contributed by atoms with E-state index in [-0.39, 0.29) is 23.8 Å². The molecule has 0 aromatic rings. The van der Waals surface area contributed by atoms with E-state index < -0.39 is 0 Å². The fourth-order valence-electron chi connectivity index (χ4n) is 3.83. The first-order chi connectivity index (χ1) is 9.84. The van der Waals surface area contributed by atoms with Crippen molar-refractivity contribution in [2.75, 3.05) is 13.1 Å². The van der Waals surface area contributed by atoms with Crippen molar-refractivity contribution in [1.82, 2.24) is 10.2 Å². The van der Waals surface area contributed by atoms with Crippen LogP contribution in [-0.4, -0.2) is 35.8 Å². The second-order valence-corrected chi connectivity index (χ2v) is 7.66. The van der Waals surface area contributed by atoms with E-state index in [1.165, 1.54) is 0 Å². The first-order valence-corrected chi connectivity index (χ1v) is 8.42. The Bertz CT molecular complexity index is 392. The van der Waals surface area contributed by atoms with Crippen LogP contribution in [0.2, 0.25) is 0 Å². The van der Waals surface area contributed by atoms with E-state index >= 15 is 0 Å². The quantitative estimate of drug-likeness (QED) is 0.851.